The maximum atomic E-state index is 12.5. The number of amides is 2. The van der Waals surface area contributed by atoms with Crippen LogP contribution in [0.4, 0.5) is 0 Å². The van der Waals surface area contributed by atoms with Crippen molar-refractivity contribution in [3.05, 3.63) is 0 Å². The summed E-state index contributed by atoms with van der Waals surface area (Å²) in [5, 5.41) is 2.65. The number of likely N-dealkylation sites (N-methyl/N-ethyl adjacent to an activating group) is 1. The van der Waals surface area contributed by atoms with Crippen LogP contribution in [0, 0.1) is 5.92 Å². The van der Waals surface area contributed by atoms with Gasteiger partial charge >= 0.3 is 0 Å². The molecule has 0 aromatic rings. The SMILES string of the molecule is CNC(=O)CN1CCOC[C@]2(C1)CN(C(=O)C1CCC1)CCO2. The molecule has 130 valence electrons. The molecule has 23 heavy (non-hydrogen) atoms. The zero-order valence-corrected chi connectivity index (χ0v) is 13.9. The molecule has 1 spiro atoms. The zero-order valence-electron chi connectivity index (χ0n) is 13.9. The van der Waals surface area contributed by atoms with Crippen LogP contribution in [0.2, 0.25) is 0 Å². The lowest BCUT2D eigenvalue weighted by Gasteiger charge is -2.44. The first-order valence-corrected chi connectivity index (χ1v) is 8.55. The van der Waals surface area contributed by atoms with E-state index in [0.717, 1.165) is 19.3 Å². The number of hydrogen-bond donors (Lipinski definition) is 1. The Morgan fingerprint density at radius 2 is 2.04 bits per heavy atom. The van der Waals surface area contributed by atoms with E-state index in [1.165, 1.54) is 0 Å². The second-order valence-corrected chi connectivity index (χ2v) is 6.86. The average Bonchev–Trinajstić information content (AvgIpc) is 2.67. The third-order valence-electron chi connectivity index (χ3n) is 5.09. The molecule has 3 fully saturated rings. The minimum Gasteiger partial charge on any atom is -0.377 e. The predicted octanol–water partition coefficient (Wildman–Crippen LogP) is -0.538. The highest BCUT2D eigenvalue weighted by Crippen LogP contribution is 2.30. The highest BCUT2D eigenvalue weighted by molar-refractivity contribution is 5.80. The summed E-state index contributed by atoms with van der Waals surface area (Å²) < 4.78 is 11.8. The number of nitrogens with zero attached hydrogens (tertiary/aromatic N) is 2. The van der Waals surface area contributed by atoms with Crippen molar-refractivity contribution < 1.29 is 19.1 Å². The van der Waals surface area contributed by atoms with E-state index in [0.29, 0.717) is 52.5 Å². The van der Waals surface area contributed by atoms with Crippen LogP contribution in [0.25, 0.3) is 0 Å². The van der Waals surface area contributed by atoms with E-state index in [2.05, 4.69) is 10.2 Å². The third kappa shape index (κ3) is 3.84. The number of nitrogens with one attached hydrogen (secondary N) is 1. The lowest BCUT2D eigenvalue weighted by Crippen LogP contribution is -2.61. The van der Waals surface area contributed by atoms with Gasteiger partial charge in [-0.3, -0.25) is 14.5 Å². The highest BCUT2D eigenvalue weighted by atomic mass is 16.5. The van der Waals surface area contributed by atoms with Crippen LogP contribution in [0.1, 0.15) is 19.3 Å². The number of ether oxygens (including phenoxy) is 2. The largest absolute Gasteiger partial charge is 0.377 e. The molecule has 1 saturated carbocycles. The fourth-order valence-corrected chi connectivity index (χ4v) is 3.53. The third-order valence-corrected chi connectivity index (χ3v) is 5.09. The molecule has 1 atom stereocenters. The van der Waals surface area contributed by atoms with Crippen molar-refractivity contribution in [2.75, 3.05) is 59.6 Å². The first kappa shape index (κ1) is 16.7. The Bertz CT molecular complexity index is 455. The number of morpholine rings is 1. The number of hydrogen-bond acceptors (Lipinski definition) is 5. The molecule has 0 unspecified atom stereocenters. The summed E-state index contributed by atoms with van der Waals surface area (Å²) in [5.41, 5.74) is -0.512. The van der Waals surface area contributed by atoms with E-state index < -0.39 is 5.60 Å². The minimum absolute atomic E-state index is 0.0136. The minimum atomic E-state index is -0.512. The van der Waals surface area contributed by atoms with E-state index in [9.17, 15) is 9.59 Å². The van der Waals surface area contributed by atoms with Crippen LogP contribution in [0.15, 0.2) is 0 Å². The fourth-order valence-electron chi connectivity index (χ4n) is 3.53. The molecule has 0 bridgehead atoms. The van der Waals surface area contributed by atoms with Gasteiger partial charge in [-0.05, 0) is 12.8 Å². The molecule has 0 radical (unpaired) electrons. The predicted molar refractivity (Wildman–Crippen MR) is 83.9 cm³/mol. The van der Waals surface area contributed by atoms with Gasteiger partial charge in [-0.25, -0.2) is 0 Å². The maximum absolute atomic E-state index is 12.5. The Hall–Kier alpha value is -1.18. The molecule has 2 heterocycles. The molecule has 0 aromatic heterocycles. The second-order valence-electron chi connectivity index (χ2n) is 6.86. The molecule has 2 aliphatic heterocycles. The molecule has 7 heteroatoms. The van der Waals surface area contributed by atoms with Crippen molar-refractivity contribution in [3.8, 4) is 0 Å². The van der Waals surface area contributed by atoms with Gasteiger partial charge in [0.2, 0.25) is 11.8 Å². The molecule has 3 aliphatic rings. The summed E-state index contributed by atoms with van der Waals surface area (Å²) in [6.45, 7) is 4.48. The van der Waals surface area contributed by atoms with Gasteiger partial charge < -0.3 is 19.7 Å². The van der Waals surface area contributed by atoms with Gasteiger partial charge in [-0.15, -0.1) is 0 Å². The Balaban J connectivity index is 1.65. The quantitative estimate of drug-likeness (QED) is 0.755. The van der Waals surface area contributed by atoms with Gasteiger partial charge in [0.1, 0.15) is 5.60 Å². The molecule has 1 aliphatic carbocycles. The number of carbonyl (C=O) groups is 2. The standard InChI is InChI=1S/C16H27N3O4/c1-17-14(20)9-18-5-7-22-12-16(10-18)11-19(6-8-23-16)15(21)13-3-2-4-13/h13H,2-12H2,1H3,(H,17,20)/t16-/m0/s1. The Labute approximate surface area is 137 Å². The Morgan fingerprint density at radius 1 is 1.22 bits per heavy atom. The van der Waals surface area contributed by atoms with Crippen molar-refractivity contribution >= 4 is 11.8 Å². The topological polar surface area (TPSA) is 71.1 Å². The molecule has 1 N–H and O–H groups in total. The van der Waals surface area contributed by atoms with Crippen LogP contribution in [0.5, 0.6) is 0 Å². The van der Waals surface area contributed by atoms with E-state index in [1.54, 1.807) is 7.05 Å². The van der Waals surface area contributed by atoms with Crippen LogP contribution in [-0.4, -0.2) is 86.8 Å². The molecule has 2 saturated heterocycles. The Kier molecular flexibility index (Phi) is 5.18. The molecular weight excluding hydrogens is 298 g/mol. The van der Waals surface area contributed by atoms with Crippen LogP contribution >= 0.6 is 0 Å². The normalized spacial score (nSPS) is 29.9. The molecular formula is C16H27N3O4. The zero-order chi connectivity index (χ0) is 16.3. The van der Waals surface area contributed by atoms with E-state index in [4.69, 9.17) is 9.47 Å². The molecule has 3 rings (SSSR count). The summed E-state index contributed by atoms with van der Waals surface area (Å²) in [7, 11) is 1.64. The van der Waals surface area contributed by atoms with Crippen LogP contribution in [0.3, 0.4) is 0 Å². The maximum Gasteiger partial charge on any atom is 0.233 e. The molecule has 7 nitrogen and oxygen atoms in total. The van der Waals surface area contributed by atoms with Crippen molar-refractivity contribution in [2.24, 2.45) is 5.92 Å². The van der Waals surface area contributed by atoms with Crippen LogP contribution in [-0.2, 0) is 19.1 Å². The van der Waals surface area contributed by atoms with Crippen molar-refractivity contribution in [2.45, 2.75) is 24.9 Å². The molecule has 2 amide bonds. The summed E-state index contributed by atoms with van der Waals surface area (Å²) in [4.78, 5) is 28.2. The smallest absolute Gasteiger partial charge is 0.233 e. The lowest BCUT2D eigenvalue weighted by molar-refractivity contribution is -0.166. The Morgan fingerprint density at radius 3 is 2.74 bits per heavy atom. The van der Waals surface area contributed by atoms with Gasteiger partial charge in [0.05, 0.1) is 32.9 Å². The summed E-state index contributed by atoms with van der Waals surface area (Å²) in [6.07, 6.45) is 3.19. The summed E-state index contributed by atoms with van der Waals surface area (Å²) >= 11 is 0. The first-order valence-electron chi connectivity index (χ1n) is 8.55. The fraction of sp³-hybridized carbons (Fsp3) is 0.875. The van der Waals surface area contributed by atoms with Gasteiger partial charge in [0.15, 0.2) is 0 Å². The average molecular weight is 325 g/mol. The van der Waals surface area contributed by atoms with Gasteiger partial charge in [-0.2, -0.15) is 0 Å². The van der Waals surface area contributed by atoms with Gasteiger partial charge in [-0.1, -0.05) is 6.42 Å². The molecule has 0 aromatic carbocycles. The van der Waals surface area contributed by atoms with E-state index in [-0.39, 0.29) is 17.7 Å². The summed E-state index contributed by atoms with van der Waals surface area (Å²) in [6, 6.07) is 0. The van der Waals surface area contributed by atoms with Crippen LogP contribution < -0.4 is 5.32 Å². The van der Waals surface area contributed by atoms with Gasteiger partial charge in [0, 0.05) is 32.6 Å². The number of carbonyl (C=O) groups excluding carboxylic acids is 2. The number of rotatable bonds is 3. The van der Waals surface area contributed by atoms with E-state index >= 15 is 0 Å². The van der Waals surface area contributed by atoms with Gasteiger partial charge in [0.25, 0.3) is 0 Å². The lowest BCUT2D eigenvalue weighted by atomic mass is 9.84. The highest BCUT2D eigenvalue weighted by Gasteiger charge is 2.43. The van der Waals surface area contributed by atoms with Crippen molar-refractivity contribution in [1.82, 2.24) is 15.1 Å². The van der Waals surface area contributed by atoms with E-state index in [1.807, 2.05) is 4.90 Å². The van der Waals surface area contributed by atoms with Crippen molar-refractivity contribution in [3.63, 3.8) is 0 Å². The first-order chi connectivity index (χ1) is 11.1. The monoisotopic (exact) mass is 325 g/mol. The van der Waals surface area contributed by atoms with Crippen molar-refractivity contribution in [1.29, 1.82) is 0 Å². The second kappa shape index (κ2) is 7.15. The summed E-state index contributed by atoms with van der Waals surface area (Å²) in [5.74, 6) is 0.458.